The first-order valence-corrected chi connectivity index (χ1v) is 7.74. The van der Waals surface area contributed by atoms with Gasteiger partial charge in [0.2, 0.25) is 0 Å². The molecule has 0 aliphatic rings. The van der Waals surface area contributed by atoms with E-state index in [-0.39, 0.29) is 0 Å². The predicted octanol–water partition coefficient (Wildman–Crippen LogP) is 4.63. The van der Waals surface area contributed by atoms with Crippen LogP contribution < -0.4 is 5.73 Å². The summed E-state index contributed by atoms with van der Waals surface area (Å²) in [5, 5.41) is 10.1. The minimum Gasteiger partial charge on any atom is -0.375 e. The van der Waals surface area contributed by atoms with Gasteiger partial charge in [-0.1, -0.05) is 46.7 Å². The van der Waals surface area contributed by atoms with Gasteiger partial charge in [0.05, 0.1) is 22.2 Å². The molecule has 0 saturated heterocycles. The predicted molar refractivity (Wildman–Crippen MR) is 89.9 cm³/mol. The molecule has 108 valence electrons. The summed E-state index contributed by atoms with van der Waals surface area (Å²) >= 11 is 13.3. The number of aromatic nitrogens is 2. The number of benzene rings is 1. The first-order chi connectivity index (χ1) is 10.6. The van der Waals surface area contributed by atoms with Crippen molar-refractivity contribution in [3.8, 4) is 27.8 Å². The molecule has 2 heterocycles. The van der Waals surface area contributed by atoms with Gasteiger partial charge < -0.3 is 5.73 Å². The highest BCUT2D eigenvalue weighted by atomic mass is 35.5. The average molecular weight is 347 g/mol. The van der Waals surface area contributed by atoms with Gasteiger partial charge in [0.15, 0.2) is 5.13 Å². The van der Waals surface area contributed by atoms with Crippen LogP contribution in [-0.2, 0) is 0 Å². The molecule has 2 N–H and O–H groups in total. The van der Waals surface area contributed by atoms with Crippen LogP contribution in [0.25, 0.3) is 21.7 Å². The fourth-order valence-electron chi connectivity index (χ4n) is 2.06. The Morgan fingerprint density at radius 3 is 2.45 bits per heavy atom. The fourth-order valence-corrected chi connectivity index (χ4v) is 3.36. The van der Waals surface area contributed by atoms with Crippen LogP contribution in [0.5, 0.6) is 0 Å². The molecule has 2 aromatic heterocycles. The lowest BCUT2D eigenvalue weighted by atomic mass is 10.1. The SMILES string of the molecule is N#Cc1cccc(-c2nc(N)sc2-c2cc(Cl)nc(Cl)c2)c1. The van der Waals surface area contributed by atoms with Gasteiger partial charge >= 0.3 is 0 Å². The van der Waals surface area contributed by atoms with Crippen LogP contribution in [0.15, 0.2) is 36.4 Å². The van der Waals surface area contributed by atoms with E-state index in [4.69, 9.17) is 34.2 Å². The van der Waals surface area contributed by atoms with Crippen LogP contribution in [0.4, 0.5) is 5.13 Å². The Morgan fingerprint density at radius 2 is 1.77 bits per heavy atom. The van der Waals surface area contributed by atoms with Gasteiger partial charge in [0, 0.05) is 11.1 Å². The van der Waals surface area contributed by atoms with Gasteiger partial charge in [-0.3, -0.25) is 0 Å². The van der Waals surface area contributed by atoms with E-state index in [1.807, 2.05) is 6.07 Å². The van der Waals surface area contributed by atoms with E-state index in [1.54, 1.807) is 30.3 Å². The molecular weight excluding hydrogens is 339 g/mol. The molecule has 0 amide bonds. The second-order valence-corrected chi connectivity index (χ2v) is 6.23. The molecule has 0 radical (unpaired) electrons. The maximum Gasteiger partial charge on any atom is 0.181 e. The van der Waals surface area contributed by atoms with Crippen molar-refractivity contribution in [3.05, 3.63) is 52.3 Å². The van der Waals surface area contributed by atoms with E-state index in [2.05, 4.69) is 16.0 Å². The average Bonchev–Trinajstić information content (AvgIpc) is 2.88. The highest BCUT2D eigenvalue weighted by molar-refractivity contribution is 7.19. The molecule has 3 rings (SSSR count). The molecule has 0 unspecified atom stereocenters. The molecule has 0 aliphatic heterocycles. The zero-order valence-corrected chi connectivity index (χ0v) is 13.4. The Labute approximate surface area is 140 Å². The second-order valence-electron chi connectivity index (χ2n) is 4.42. The number of rotatable bonds is 2. The molecule has 1 aromatic carbocycles. The quantitative estimate of drug-likeness (QED) is 0.686. The number of nitrogens with zero attached hydrogens (tertiary/aromatic N) is 3. The minimum atomic E-state index is 0.297. The van der Waals surface area contributed by atoms with Gasteiger partial charge in [-0.05, 0) is 24.3 Å². The Hall–Kier alpha value is -2.13. The van der Waals surface area contributed by atoms with E-state index in [0.29, 0.717) is 26.7 Å². The smallest absolute Gasteiger partial charge is 0.181 e. The van der Waals surface area contributed by atoms with Crippen molar-refractivity contribution in [3.63, 3.8) is 0 Å². The molecule has 0 fully saturated rings. The third kappa shape index (κ3) is 2.90. The molecule has 0 spiro atoms. The molecule has 22 heavy (non-hydrogen) atoms. The molecular formula is C15H8Cl2N4S. The van der Waals surface area contributed by atoms with E-state index < -0.39 is 0 Å². The number of pyridine rings is 1. The van der Waals surface area contributed by atoms with Crippen molar-refractivity contribution < 1.29 is 0 Å². The molecule has 0 aliphatic carbocycles. The van der Waals surface area contributed by atoms with Crippen molar-refractivity contribution in [1.29, 1.82) is 5.26 Å². The summed E-state index contributed by atoms with van der Waals surface area (Å²) in [7, 11) is 0. The first kappa shape index (κ1) is 14.8. The highest BCUT2D eigenvalue weighted by Crippen LogP contribution is 2.39. The van der Waals surface area contributed by atoms with Crippen molar-refractivity contribution in [2.75, 3.05) is 5.73 Å². The largest absolute Gasteiger partial charge is 0.375 e. The highest BCUT2D eigenvalue weighted by Gasteiger charge is 2.15. The topological polar surface area (TPSA) is 75.6 Å². The normalized spacial score (nSPS) is 10.4. The maximum atomic E-state index is 9.04. The Balaban J connectivity index is 2.20. The van der Waals surface area contributed by atoms with Crippen LogP contribution >= 0.6 is 34.5 Å². The van der Waals surface area contributed by atoms with Crippen LogP contribution in [0.2, 0.25) is 10.3 Å². The second kappa shape index (κ2) is 5.93. The van der Waals surface area contributed by atoms with E-state index in [9.17, 15) is 0 Å². The number of nitrogen functional groups attached to an aromatic ring is 1. The van der Waals surface area contributed by atoms with Gasteiger partial charge in [-0.25, -0.2) is 9.97 Å². The van der Waals surface area contributed by atoms with E-state index >= 15 is 0 Å². The summed E-state index contributed by atoms with van der Waals surface area (Å²) in [4.78, 5) is 9.14. The summed E-state index contributed by atoms with van der Waals surface area (Å²) in [5.41, 5.74) is 8.71. The van der Waals surface area contributed by atoms with Gasteiger partial charge in [0.1, 0.15) is 10.3 Å². The minimum absolute atomic E-state index is 0.297. The molecule has 0 bridgehead atoms. The third-order valence-electron chi connectivity index (χ3n) is 2.93. The third-order valence-corrected chi connectivity index (χ3v) is 4.25. The zero-order chi connectivity index (χ0) is 15.7. The van der Waals surface area contributed by atoms with E-state index in [0.717, 1.165) is 16.0 Å². The molecule has 4 nitrogen and oxygen atoms in total. The Morgan fingerprint density at radius 1 is 1.05 bits per heavy atom. The number of nitriles is 1. The standard InChI is InChI=1S/C15H8Cl2N4S/c16-11-5-10(6-12(17)20-11)14-13(21-15(19)22-14)9-3-1-2-8(4-9)7-18/h1-6H,(H2,19,21). The maximum absolute atomic E-state index is 9.04. The van der Waals surface area contributed by atoms with Crippen molar-refractivity contribution >= 4 is 39.7 Å². The molecule has 0 saturated carbocycles. The first-order valence-electron chi connectivity index (χ1n) is 6.17. The Kier molecular flexibility index (Phi) is 3.99. The van der Waals surface area contributed by atoms with Crippen molar-refractivity contribution in [2.45, 2.75) is 0 Å². The van der Waals surface area contributed by atoms with Crippen LogP contribution in [-0.4, -0.2) is 9.97 Å². The summed E-state index contributed by atoms with van der Waals surface area (Å²) in [6.07, 6.45) is 0. The van der Waals surface area contributed by atoms with Crippen LogP contribution in [0.3, 0.4) is 0 Å². The van der Waals surface area contributed by atoms with Gasteiger partial charge in [0.25, 0.3) is 0 Å². The van der Waals surface area contributed by atoms with E-state index in [1.165, 1.54) is 11.3 Å². The monoisotopic (exact) mass is 346 g/mol. The lowest BCUT2D eigenvalue weighted by Gasteiger charge is -2.04. The molecule has 3 aromatic rings. The van der Waals surface area contributed by atoms with Crippen molar-refractivity contribution in [2.24, 2.45) is 0 Å². The number of nitrogens with two attached hydrogens (primary N) is 1. The lowest BCUT2D eigenvalue weighted by Crippen LogP contribution is -1.86. The van der Waals surface area contributed by atoms with Crippen molar-refractivity contribution in [1.82, 2.24) is 9.97 Å². The number of anilines is 1. The summed E-state index contributed by atoms with van der Waals surface area (Å²) in [6, 6.07) is 12.7. The van der Waals surface area contributed by atoms with Gasteiger partial charge in [-0.2, -0.15) is 5.26 Å². The summed E-state index contributed by atoms with van der Waals surface area (Å²) < 4.78 is 0. The van der Waals surface area contributed by atoms with Gasteiger partial charge in [-0.15, -0.1) is 0 Å². The van der Waals surface area contributed by atoms with Crippen LogP contribution in [0.1, 0.15) is 5.56 Å². The summed E-state index contributed by atoms with van der Waals surface area (Å²) in [6.45, 7) is 0. The lowest BCUT2D eigenvalue weighted by molar-refractivity contribution is 1.33. The molecule has 7 heteroatoms. The zero-order valence-electron chi connectivity index (χ0n) is 11.0. The Bertz CT molecular complexity index is 879. The number of halogens is 2. The number of hydrogen-bond donors (Lipinski definition) is 1. The fraction of sp³-hybridized carbons (Fsp3) is 0. The number of thiazole rings is 1. The molecule has 0 atom stereocenters. The number of hydrogen-bond acceptors (Lipinski definition) is 5. The summed E-state index contributed by atoms with van der Waals surface area (Å²) in [5.74, 6) is 0. The van der Waals surface area contributed by atoms with Crippen LogP contribution in [0, 0.1) is 11.3 Å².